The van der Waals surface area contributed by atoms with Gasteiger partial charge < -0.3 is 4.57 Å². The maximum Gasteiger partial charge on any atom is 0.150 e. The quantitative estimate of drug-likeness (QED) is 0.682. The van der Waals surface area contributed by atoms with Crippen molar-refractivity contribution in [2.75, 3.05) is 0 Å². The maximum atomic E-state index is 10.9. The largest absolute Gasteiger partial charge is 0.341 e. The predicted molar refractivity (Wildman–Crippen MR) is 79.0 cm³/mol. The highest BCUT2D eigenvalue weighted by atomic mass is 16.1. The summed E-state index contributed by atoms with van der Waals surface area (Å²) in [5.41, 5.74) is 4.05. The van der Waals surface area contributed by atoms with E-state index < -0.39 is 0 Å². The summed E-state index contributed by atoms with van der Waals surface area (Å²) in [6.45, 7) is 2.86. The number of rotatable bonds is 4. The molecule has 3 rings (SSSR count). The van der Waals surface area contributed by atoms with Crippen molar-refractivity contribution < 1.29 is 4.79 Å². The molecule has 0 aliphatic heterocycles. The van der Waals surface area contributed by atoms with Crippen molar-refractivity contribution in [3.05, 3.63) is 53.5 Å². The lowest BCUT2D eigenvalue weighted by Crippen LogP contribution is -2.04. The molecular weight excluding hydrogens is 250 g/mol. The van der Waals surface area contributed by atoms with Crippen molar-refractivity contribution in [1.29, 1.82) is 0 Å². The fraction of sp³-hybridized carbons (Fsp3) is 0.250. The molecule has 0 fully saturated rings. The summed E-state index contributed by atoms with van der Waals surface area (Å²) < 4.78 is 4.08. The summed E-state index contributed by atoms with van der Waals surface area (Å²) in [5.74, 6) is 0. The van der Waals surface area contributed by atoms with Crippen molar-refractivity contribution in [3.8, 4) is 0 Å². The van der Waals surface area contributed by atoms with Crippen molar-refractivity contribution >= 4 is 17.2 Å². The minimum atomic E-state index is 0.705. The molecule has 20 heavy (non-hydrogen) atoms. The minimum absolute atomic E-state index is 0.705. The van der Waals surface area contributed by atoms with Crippen LogP contribution in [-0.4, -0.2) is 20.6 Å². The Balaban J connectivity index is 2.01. The van der Waals surface area contributed by atoms with Crippen LogP contribution in [0.15, 0.2) is 36.5 Å². The van der Waals surface area contributed by atoms with E-state index in [-0.39, 0.29) is 0 Å². The zero-order valence-corrected chi connectivity index (χ0v) is 11.7. The molecule has 0 atom stereocenters. The average Bonchev–Trinajstić information content (AvgIpc) is 3.03. The van der Waals surface area contributed by atoms with Crippen LogP contribution in [0.4, 0.5) is 0 Å². The molecule has 4 heteroatoms. The minimum Gasteiger partial charge on any atom is -0.341 e. The Morgan fingerprint density at radius 1 is 1.25 bits per heavy atom. The lowest BCUT2D eigenvalue weighted by molar-refractivity contribution is 0.112. The van der Waals surface area contributed by atoms with Gasteiger partial charge in [-0.15, -0.1) is 0 Å². The molecule has 0 saturated heterocycles. The van der Waals surface area contributed by atoms with E-state index in [0.717, 1.165) is 41.5 Å². The first-order valence-electron chi connectivity index (χ1n) is 6.77. The van der Waals surface area contributed by atoms with Gasteiger partial charge in [-0.2, -0.15) is 5.10 Å². The van der Waals surface area contributed by atoms with Crippen LogP contribution in [0, 0.1) is 0 Å². The van der Waals surface area contributed by atoms with E-state index in [4.69, 9.17) is 0 Å². The number of hydrogen-bond acceptors (Lipinski definition) is 2. The summed E-state index contributed by atoms with van der Waals surface area (Å²) >= 11 is 0. The van der Waals surface area contributed by atoms with Crippen molar-refractivity contribution in [3.63, 3.8) is 0 Å². The van der Waals surface area contributed by atoms with Gasteiger partial charge in [0.2, 0.25) is 0 Å². The topological polar surface area (TPSA) is 39.8 Å². The monoisotopic (exact) mass is 267 g/mol. The number of aldehydes is 1. The van der Waals surface area contributed by atoms with E-state index in [0.29, 0.717) is 5.56 Å². The van der Waals surface area contributed by atoms with Gasteiger partial charge in [-0.05, 0) is 30.0 Å². The molecule has 3 aromatic rings. The second-order valence-electron chi connectivity index (χ2n) is 4.98. The molecule has 1 aromatic carbocycles. The van der Waals surface area contributed by atoms with Crippen LogP contribution in [-0.2, 0) is 20.0 Å². The van der Waals surface area contributed by atoms with Gasteiger partial charge in [0.1, 0.15) is 6.29 Å². The van der Waals surface area contributed by atoms with E-state index >= 15 is 0 Å². The molecular formula is C16H17N3O. The van der Waals surface area contributed by atoms with Gasteiger partial charge in [0, 0.05) is 24.3 Å². The highest BCUT2D eigenvalue weighted by Crippen LogP contribution is 2.18. The number of fused-ring (bicyclic) bond motifs is 1. The first kappa shape index (κ1) is 12.7. The summed E-state index contributed by atoms with van der Waals surface area (Å²) in [5, 5.41) is 5.62. The smallest absolute Gasteiger partial charge is 0.150 e. The van der Waals surface area contributed by atoms with E-state index in [1.54, 1.807) is 0 Å². The van der Waals surface area contributed by atoms with Gasteiger partial charge in [-0.3, -0.25) is 9.48 Å². The number of carbonyl (C=O) groups excluding carboxylic acids is 1. The highest BCUT2D eigenvalue weighted by Gasteiger charge is 2.07. The molecule has 4 nitrogen and oxygen atoms in total. The fourth-order valence-corrected chi connectivity index (χ4v) is 2.48. The number of hydrogen-bond donors (Lipinski definition) is 0. The molecule has 0 aliphatic carbocycles. The Kier molecular flexibility index (Phi) is 3.14. The number of aromatic nitrogens is 3. The van der Waals surface area contributed by atoms with Gasteiger partial charge in [0.15, 0.2) is 0 Å². The van der Waals surface area contributed by atoms with Crippen LogP contribution < -0.4 is 0 Å². The van der Waals surface area contributed by atoms with Gasteiger partial charge in [-0.1, -0.05) is 19.1 Å². The Morgan fingerprint density at radius 3 is 2.80 bits per heavy atom. The predicted octanol–water partition coefficient (Wildman–Crippen LogP) is 2.80. The second-order valence-corrected chi connectivity index (χ2v) is 4.98. The number of aryl methyl sites for hydroxylation is 2. The van der Waals surface area contributed by atoms with Gasteiger partial charge in [0.05, 0.1) is 17.9 Å². The lowest BCUT2D eigenvalue weighted by Gasteiger charge is -2.06. The Labute approximate surface area is 117 Å². The molecule has 0 aliphatic rings. The van der Waals surface area contributed by atoms with Crippen molar-refractivity contribution in [2.24, 2.45) is 7.05 Å². The van der Waals surface area contributed by atoms with E-state index in [1.807, 2.05) is 29.9 Å². The van der Waals surface area contributed by atoms with Crippen LogP contribution in [0.3, 0.4) is 0 Å². The molecule has 0 amide bonds. The SMILES string of the molecule is CCc1cc(Cn2ccc3ccc(C=O)cc32)n(C)n1. The normalized spacial score (nSPS) is 11.1. The first-order valence-corrected chi connectivity index (χ1v) is 6.77. The van der Waals surface area contributed by atoms with Crippen LogP contribution in [0.2, 0.25) is 0 Å². The number of carbonyl (C=O) groups is 1. The van der Waals surface area contributed by atoms with Gasteiger partial charge in [-0.25, -0.2) is 0 Å². The molecule has 0 unspecified atom stereocenters. The molecule has 2 aromatic heterocycles. The summed E-state index contributed by atoms with van der Waals surface area (Å²) in [6, 6.07) is 9.96. The maximum absolute atomic E-state index is 10.9. The van der Waals surface area contributed by atoms with Gasteiger partial charge >= 0.3 is 0 Å². The second kappa shape index (κ2) is 4.96. The molecule has 102 valence electrons. The van der Waals surface area contributed by atoms with Crippen molar-refractivity contribution in [2.45, 2.75) is 19.9 Å². The summed E-state index contributed by atoms with van der Waals surface area (Å²) in [6.07, 6.45) is 3.88. The third-order valence-corrected chi connectivity index (χ3v) is 3.66. The fourth-order valence-electron chi connectivity index (χ4n) is 2.48. The highest BCUT2D eigenvalue weighted by molar-refractivity contribution is 5.87. The summed E-state index contributed by atoms with van der Waals surface area (Å²) in [7, 11) is 1.97. The third-order valence-electron chi connectivity index (χ3n) is 3.66. The zero-order valence-electron chi connectivity index (χ0n) is 11.7. The standard InChI is InChI=1S/C16H17N3O/c1-3-14-9-15(18(2)17-14)10-19-7-6-13-5-4-12(11-20)8-16(13)19/h4-9,11H,3,10H2,1-2H3. The molecule has 0 spiro atoms. The molecule has 0 radical (unpaired) electrons. The van der Waals surface area contributed by atoms with Crippen LogP contribution in [0.1, 0.15) is 28.7 Å². The van der Waals surface area contributed by atoms with Gasteiger partial charge in [0.25, 0.3) is 0 Å². The average molecular weight is 267 g/mol. The lowest BCUT2D eigenvalue weighted by atomic mass is 10.2. The number of nitrogens with zero attached hydrogens (tertiary/aromatic N) is 3. The Bertz CT molecular complexity index is 767. The number of benzene rings is 1. The molecule has 2 heterocycles. The van der Waals surface area contributed by atoms with Crippen LogP contribution in [0.5, 0.6) is 0 Å². The Morgan fingerprint density at radius 2 is 2.10 bits per heavy atom. The van der Waals surface area contributed by atoms with E-state index in [2.05, 4.69) is 34.9 Å². The van der Waals surface area contributed by atoms with Crippen LogP contribution in [0.25, 0.3) is 10.9 Å². The Hall–Kier alpha value is -2.36. The van der Waals surface area contributed by atoms with Crippen molar-refractivity contribution in [1.82, 2.24) is 14.3 Å². The van der Waals surface area contributed by atoms with Crippen LogP contribution >= 0.6 is 0 Å². The molecule has 0 N–H and O–H groups in total. The van der Waals surface area contributed by atoms with E-state index in [1.165, 1.54) is 0 Å². The van der Waals surface area contributed by atoms with E-state index in [9.17, 15) is 4.79 Å². The third kappa shape index (κ3) is 2.13. The summed E-state index contributed by atoms with van der Waals surface area (Å²) in [4.78, 5) is 10.9. The molecule has 0 saturated carbocycles. The molecule has 0 bridgehead atoms. The zero-order chi connectivity index (χ0) is 14.1. The first-order chi connectivity index (χ1) is 9.71.